The summed E-state index contributed by atoms with van der Waals surface area (Å²) in [6.45, 7) is 1.95. The van der Waals surface area contributed by atoms with Crippen LogP contribution in [-0.4, -0.2) is 39.3 Å². The molecule has 0 atom stereocenters. The molecule has 0 bridgehead atoms. The van der Waals surface area contributed by atoms with Crippen LogP contribution in [0.3, 0.4) is 0 Å². The van der Waals surface area contributed by atoms with Crippen molar-refractivity contribution < 1.29 is 4.79 Å². The average Bonchev–Trinajstić information content (AvgIpc) is 3.34. The average molecular weight is 402 g/mol. The highest BCUT2D eigenvalue weighted by molar-refractivity contribution is 7.99. The molecule has 1 aliphatic rings. The van der Waals surface area contributed by atoms with E-state index in [2.05, 4.69) is 20.2 Å². The molecule has 2 aromatic heterocycles. The molecule has 3 heterocycles. The molecule has 1 aromatic carbocycles. The van der Waals surface area contributed by atoms with E-state index < -0.39 is 0 Å². The van der Waals surface area contributed by atoms with Crippen molar-refractivity contribution in [2.45, 2.75) is 18.0 Å². The number of carbonyl (C=O) groups excluding carboxylic acids is 1. The highest BCUT2D eigenvalue weighted by atomic mass is 32.2. The van der Waals surface area contributed by atoms with Crippen LogP contribution in [0.15, 0.2) is 40.3 Å². The third kappa shape index (κ3) is 3.84. The van der Waals surface area contributed by atoms with Crippen LogP contribution in [0.2, 0.25) is 0 Å². The molecule has 0 spiro atoms. The zero-order chi connectivity index (χ0) is 18.8. The molecule has 1 N–H and O–H groups in total. The first-order chi connectivity index (χ1) is 13.1. The lowest BCUT2D eigenvalue weighted by atomic mass is 10.3. The quantitative estimate of drug-likeness (QED) is 0.523. The second-order valence-corrected chi connectivity index (χ2v) is 8.22. The first kappa shape index (κ1) is 18.0. The summed E-state index contributed by atoms with van der Waals surface area (Å²) in [6, 6.07) is 9.28. The topological polar surface area (TPSA) is 80.1 Å². The van der Waals surface area contributed by atoms with Crippen LogP contribution in [0, 0.1) is 0 Å². The number of fused-ring (bicyclic) bond motifs is 1. The van der Waals surface area contributed by atoms with Gasteiger partial charge in [-0.1, -0.05) is 41.3 Å². The fourth-order valence-electron chi connectivity index (χ4n) is 2.94. The summed E-state index contributed by atoms with van der Waals surface area (Å²) < 4.78 is 2.06. The zero-order valence-corrected chi connectivity index (χ0v) is 16.5. The number of aromatic nitrogens is 3. The first-order valence-electron chi connectivity index (χ1n) is 8.72. The number of carbonyl (C=O) groups is 1. The zero-order valence-electron chi connectivity index (χ0n) is 14.8. The molecular weight excluding hydrogens is 382 g/mol. The summed E-state index contributed by atoms with van der Waals surface area (Å²) in [5.74, 6) is 0.0284. The second-order valence-electron chi connectivity index (χ2n) is 6.30. The largest absolute Gasteiger partial charge is 0.348 e. The van der Waals surface area contributed by atoms with Gasteiger partial charge in [0.15, 0.2) is 15.9 Å². The molecule has 0 radical (unpaired) electrons. The highest BCUT2D eigenvalue weighted by Crippen LogP contribution is 2.29. The monoisotopic (exact) mass is 401 g/mol. The van der Waals surface area contributed by atoms with E-state index in [1.54, 1.807) is 7.05 Å². The molecule has 7 nitrogen and oxygen atoms in total. The number of amides is 1. The van der Waals surface area contributed by atoms with Crippen LogP contribution in [0.4, 0.5) is 10.8 Å². The molecule has 3 aromatic rings. The Morgan fingerprint density at radius 2 is 1.96 bits per heavy atom. The maximum absolute atomic E-state index is 12.7. The molecule has 1 aliphatic heterocycles. The molecule has 140 valence electrons. The van der Waals surface area contributed by atoms with Gasteiger partial charge in [0, 0.05) is 25.8 Å². The molecule has 1 amide bonds. The molecule has 4 rings (SSSR count). The van der Waals surface area contributed by atoms with E-state index in [-0.39, 0.29) is 17.2 Å². The van der Waals surface area contributed by atoms with Gasteiger partial charge in [0.05, 0.1) is 5.75 Å². The second kappa shape index (κ2) is 7.69. The molecular formula is C18H19N5O2S2. The number of thioether (sulfide) groups is 1. The maximum atomic E-state index is 12.7. The van der Waals surface area contributed by atoms with Crippen LogP contribution in [0.25, 0.3) is 10.3 Å². The minimum Gasteiger partial charge on any atom is -0.348 e. The number of nitrogens with zero attached hydrogens (tertiary/aromatic N) is 4. The Labute approximate surface area is 164 Å². The summed E-state index contributed by atoms with van der Waals surface area (Å²) >= 11 is 2.64. The van der Waals surface area contributed by atoms with E-state index in [0.717, 1.165) is 36.8 Å². The molecule has 0 saturated carbocycles. The molecule has 27 heavy (non-hydrogen) atoms. The van der Waals surface area contributed by atoms with Crippen molar-refractivity contribution in [1.82, 2.24) is 14.5 Å². The Kier molecular flexibility index (Phi) is 5.13. The Hall–Kier alpha value is -2.39. The smallest absolute Gasteiger partial charge is 0.273 e. The predicted octanol–water partition coefficient (Wildman–Crippen LogP) is 2.72. The fourth-order valence-corrected chi connectivity index (χ4v) is 4.74. The van der Waals surface area contributed by atoms with Gasteiger partial charge in [-0.3, -0.25) is 14.2 Å². The van der Waals surface area contributed by atoms with Crippen LogP contribution in [-0.2, 0) is 11.8 Å². The van der Waals surface area contributed by atoms with E-state index in [1.807, 2.05) is 30.3 Å². The lowest BCUT2D eigenvalue weighted by Gasteiger charge is -2.11. The summed E-state index contributed by atoms with van der Waals surface area (Å²) in [4.78, 5) is 36.1. The minimum atomic E-state index is -0.142. The van der Waals surface area contributed by atoms with E-state index in [0.29, 0.717) is 15.5 Å². The number of rotatable bonds is 5. The summed E-state index contributed by atoms with van der Waals surface area (Å²) in [5, 5.41) is 4.18. The maximum Gasteiger partial charge on any atom is 0.273 e. The Bertz CT molecular complexity index is 1030. The minimum absolute atomic E-state index is 0.117. The summed E-state index contributed by atoms with van der Waals surface area (Å²) in [7, 11) is 1.68. The Morgan fingerprint density at radius 3 is 2.70 bits per heavy atom. The van der Waals surface area contributed by atoms with Crippen molar-refractivity contribution in [2.24, 2.45) is 7.05 Å². The third-order valence-corrected chi connectivity index (χ3v) is 6.48. The first-order valence-corrected chi connectivity index (χ1v) is 10.5. The number of hydrogen-bond donors (Lipinski definition) is 1. The SMILES string of the molecule is Cn1c(SCC(=O)Nc2ccccc2)nc2nc(N3CCCC3)sc2c1=O. The van der Waals surface area contributed by atoms with Crippen LogP contribution in [0.1, 0.15) is 12.8 Å². The molecule has 1 saturated heterocycles. The van der Waals surface area contributed by atoms with Crippen molar-refractivity contribution >= 4 is 50.2 Å². The van der Waals surface area contributed by atoms with Gasteiger partial charge in [-0.25, -0.2) is 4.98 Å². The van der Waals surface area contributed by atoms with Crippen molar-refractivity contribution in [1.29, 1.82) is 0 Å². The molecule has 0 aliphatic carbocycles. The van der Waals surface area contributed by atoms with Crippen LogP contribution >= 0.6 is 23.1 Å². The van der Waals surface area contributed by atoms with Gasteiger partial charge in [0.2, 0.25) is 5.91 Å². The summed E-state index contributed by atoms with van der Waals surface area (Å²) in [6.07, 6.45) is 2.30. The van der Waals surface area contributed by atoms with Gasteiger partial charge in [0.25, 0.3) is 5.56 Å². The molecule has 1 fully saturated rings. The van der Waals surface area contributed by atoms with Crippen molar-refractivity contribution in [3.63, 3.8) is 0 Å². The molecule has 9 heteroatoms. The van der Waals surface area contributed by atoms with Crippen molar-refractivity contribution in [3.8, 4) is 0 Å². The van der Waals surface area contributed by atoms with Gasteiger partial charge < -0.3 is 10.2 Å². The summed E-state index contributed by atoms with van der Waals surface area (Å²) in [5.41, 5.74) is 1.10. The number of anilines is 2. The van der Waals surface area contributed by atoms with E-state index in [4.69, 9.17) is 0 Å². The lowest BCUT2D eigenvalue weighted by molar-refractivity contribution is -0.113. The van der Waals surface area contributed by atoms with E-state index in [9.17, 15) is 9.59 Å². The normalized spacial score (nSPS) is 14.0. The third-order valence-electron chi connectivity index (χ3n) is 4.35. The number of hydrogen-bond acceptors (Lipinski definition) is 7. The predicted molar refractivity (Wildman–Crippen MR) is 110 cm³/mol. The number of nitrogens with one attached hydrogen (secondary N) is 1. The van der Waals surface area contributed by atoms with Crippen LogP contribution < -0.4 is 15.8 Å². The Morgan fingerprint density at radius 1 is 1.22 bits per heavy atom. The highest BCUT2D eigenvalue weighted by Gasteiger charge is 2.20. The van der Waals surface area contributed by atoms with Crippen molar-refractivity contribution in [3.05, 3.63) is 40.7 Å². The van der Waals surface area contributed by atoms with Gasteiger partial charge >= 0.3 is 0 Å². The molecule has 0 unspecified atom stereocenters. The van der Waals surface area contributed by atoms with Gasteiger partial charge in [0.1, 0.15) is 4.70 Å². The van der Waals surface area contributed by atoms with Gasteiger partial charge in [-0.15, -0.1) is 0 Å². The van der Waals surface area contributed by atoms with Gasteiger partial charge in [-0.05, 0) is 25.0 Å². The van der Waals surface area contributed by atoms with Crippen LogP contribution in [0.5, 0.6) is 0 Å². The Balaban J connectivity index is 1.52. The fraction of sp³-hybridized carbons (Fsp3) is 0.333. The lowest BCUT2D eigenvalue weighted by Crippen LogP contribution is -2.20. The van der Waals surface area contributed by atoms with Gasteiger partial charge in [-0.2, -0.15) is 4.98 Å². The van der Waals surface area contributed by atoms with E-state index in [1.165, 1.54) is 27.7 Å². The standard InChI is InChI=1S/C18H19N5O2S2/c1-22-16(25)14-15(21-18(27-14)23-9-5-6-10-23)20-17(22)26-11-13(24)19-12-7-3-2-4-8-12/h2-4,7-8H,5-6,9-11H2,1H3,(H,19,24). The van der Waals surface area contributed by atoms with Crippen molar-refractivity contribution in [2.75, 3.05) is 29.1 Å². The number of thiazole rings is 1. The van der Waals surface area contributed by atoms with E-state index >= 15 is 0 Å². The number of benzene rings is 1. The number of para-hydroxylation sites is 1.